The summed E-state index contributed by atoms with van der Waals surface area (Å²) in [5.41, 5.74) is 1.25. The lowest BCUT2D eigenvalue weighted by Gasteiger charge is -2.23. The van der Waals surface area contributed by atoms with Crippen molar-refractivity contribution in [1.29, 1.82) is 0 Å². The molecule has 1 heterocycles. The van der Waals surface area contributed by atoms with Gasteiger partial charge in [-0.1, -0.05) is 31.4 Å². The van der Waals surface area contributed by atoms with E-state index in [9.17, 15) is 0 Å². The Balaban J connectivity index is 2.21. The molecule has 2 unspecified atom stereocenters. The molecule has 1 aromatic heterocycles. The van der Waals surface area contributed by atoms with E-state index in [-0.39, 0.29) is 0 Å². The standard InChI is InChI=1S/C15H26ClN3/c1-4-17-13-8-6-5-7-12(9-13)15-14(16)10-18-19(15)11(2)3/h10-13,17H,4-9H2,1-3H3. The number of aromatic nitrogens is 2. The van der Waals surface area contributed by atoms with Crippen molar-refractivity contribution in [2.24, 2.45) is 0 Å². The average Bonchev–Trinajstić information content (AvgIpc) is 2.60. The first-order valence-corrected chi connectivity index (χ1v) is 7.97. The highest BCUT2D eigenvalue weighted by Crippen LogP contribution is 2.36. The summed E-state index contributed by atoms with van der Waals surface area (Å²) in [5, 5.41) is 8.91. The molecule has 4 heteroatoms. The highest BCUT2D eigenvalue weighted by atomic mass is 35.5. The van der Waals surface area contributed by atoms with Crippen molar-refractivity contribution in [3.63, 3.8) is 0 Å². The summed E-state index contributed by atoms with van der Waals surface area (Å²) in [6.07, 6.45) is 8.14. The molecular formula is C15H26ClN3. The van der Waals surface area contributed by atoms with Gasteiger partial charge in [0.25, 0.3) is 0 Å². The van der Waals surface area contributed by atoms with Gasteiger partial charge in [0.05, 0.1) is 16.9 Å². The minimum Gasteiger partial charge on any atom is -0.314 e. The third kappa shape index (κ3) is 3.51. The second-order valence-electron chi connectivity index (χ2n) is 5.89. The lowest BCUT2D eigenvalue weighted by molar-refractivity contribution is 0.419. The molecule has 108 valence electrons. The minimum absolute atomic E-state index is 0.378. The first kappa shape index (κ1) is 14.9. The molecule has 0 radical (unpaired) electrons. The van der Waals surface area contributed by atoms with E-state index in [1.807, 2.05) is 6.20 Å². The molecule has 0 spiro atoms. The second kappa shape index (κ2) is 6.76. The van der Waals surface area contributed by atoms with Crippen LogP contribution in [0.3, 0.4) is 0 Å². The zero-order chi connectivity index (χ0) is 13.8. The van der Waals surface area contributed by atoms with Crippen molar-refractivity contribution in [1.82, 2.24) is 15.1 Å². The Morgan fingerprint density at radius 1 is 1.42 bits per heavy atom. The number of nitrogens with zero attached hydrogens (tertiary/aromatic N) is 2. The van der Waals surface area contributed by atoms with E-state index >= 15 is 0 Å². The van der Waals surface area contributed by atoms with Crippen LogP contribution in [0.25, 0.3) is 0 Å². The molecule has 1 fully saturated rings. The smallest absolute Gasteiger partial charge is 0.0820 e. The van der Waals surface area contributed by atoms with Gasteiger partial charge in [0, 0.05) is 18.0 Å². The van der Waals surface area contributed by atoms with E-state index in [2.05, 4.69) is 35.9 Å². The molecule has 2 rings (SSSR count). The Morgan fingerprint density at radius 2 is 2.16 bits per heavy atom. The van der Waals surface area contributed by atoms with Crippen molar-refractivity contribution in [2.45, 2.75) is 70.9 Å². The van der Waals surface area contributed by atoms with E-state index in [0.29, 0.717) is 18.0 Å². The molecular weight excluding hydrogens is 258 g/mol. The number of rotatable bonds is 4. The maximum absolute atomic E-state index is 6.40. The molecule has 1 saturated carbocycles. The summed E-state index contributed by atoms with van der Waals surface area (Å²) in [7, 11) is 0. The van der Waals surface area contributed by atoms with Crippen LogP contribution in [0.15, 0.2) is 6.20 Å². The van der Waals surface area contributed by atoms with Crippen LogP contribution in [0.5, 0.6) is 0 Å². The van der Waals surface area contributed by atoms with Crippen LogP contribution in [0.4, 0.5) is 0 Å². The first-order chi connectivity index (χ1) is 9.13. The van der Waals surface area contributed by atoms with Gasteiger partial charge in [0.1, 0.15) is 0 Å². The highest BCUT2D eigenvalue weighted by molar-refractivity contribution is 6.31. The third-order valence-corrected chi connectivity index (χ3v) is 4.37. The Morgan fingerprint density at radius 3 is 2.84 bits per heavy atom. The molecule has 1 aromatic rings. The first-order valence-electron chi connectivity index (χ1n) is 7.59. The summed E-state index contributed by atoms with van der Waals surface area (Å²) in [4.78, 5) is 0. The SMILES string of the molecule is CCNC1CCCCC(c2c(Cl)cnn2C(C)C)C1. The van der Waals surface area contributed by atoms with Crippen molar-refractivity contribution in [3.05, 3.63) is 16.9 Å². The normalized spacial score (nSPS) is 24.7. The summed E-state index contributed by atoms with van der Waals surface area (Å²) in [6, 6.07) is 1.01. The zero-order valence-corrected chi connectivity index (χ0v) is 13.1. The summed E-state index contributed by atoms with van der Waals surface area (Å²) in [6.45, 7) is 7.58. The minimum atomic E-state index is 0.378. The fourth-order valence-electron chi connectivity index (χ4n) is 3.23. The van der Waals surface area contributed by atoms with Crippen LogP contribution in [0.1, 0.15) is 70.5 Å². The van der Waals surface area contributed by atoms with E-state index in [1.165, 1.54) is 37.8 Å². The molecule has 3 nitrogen and oxygen atoms in total. The quantitative estimate of drug-likeness (QED) is 0.842. The topological polar surface area (TPSA) is 29.9 Å². The van der Waals surface area contributed by atoms with Crippen molar-refractivity contribution < 1.29 is 0 Å². The summed E-state index contributed by atoms with van der Waals surface area (Å²) < 4.78 is 2.11. The molecule has 1 aliphatic rings. The van der Waals surface area contributed by atoms with Gasteiger partial charge in [-0.3, -0.25) is 4.68 Å². The van der Waals surface area contributed by atoms with Crippen LogP contribution >= 0.6 is 11.6 Å². The predicted octanol–water partition coefficient (Wildman–Crippen LogP) is 4.14. The number of nitrogens with one attached hydrogen (secondary N) is 1. The third-order valence-electron chi connectivity index (χ3n) is 4.08. The number of hydrogen-bond acceptors (Lipinski definition) is 2. The lowest BCUT2D eigenvalue weighted by Crippen LogP contribution is -2.30. The van der Waals surface area contributed by atoms with Crippen molar-refractivity contribution in [2.75, 3.05) is 6.54 Å². The molecule has 0 aliphatic heterocycles. The van der Waals surface area contributed by atoms with Gasteiger partial charge in [0.2, 0.25) is 0 Å². The Hall–Kier alpha value is -0.540. The van der Waals surface area contributed by atoms with Crippen LogP contribution in [-0.4, -0.2) is 22.4 Å². The van der Waals surface area contributed by atoms with Gasteiger partial charge in [0.15, 0.2) is 0 Å². The average molecular weight is 284 g/mol. The van der Waals surface area contributed by atoms with Gasteiger partial charge in [-0.25, -0.2) is 0 Å². The van der Waals surface area contributed by atoms with Crippen LogP contribution in [0, 0.1) is 0 Å². The lowest BCUT2D eigenvalue weighted by atomic mass is 9.94. The largest absolute Gasteiger partial charge is 0.314 e. The van der Waals surface area contributed by atoms with E-state index in [0.717, 1.165) is 11.6 Å². The van der Waals surface area contributed by atoms with E-state index < -0.39 is 0 Å². The van der Waals surface area contributed by atoms with E-state index in [4.69, 9.17) is 11.6 Å². The number of hydrogen-bond donors (Lipinski definition) is 1. The predicted molar refractivity (Wildman–Crippen MR) is 80.9 cm³/mol. The molecule has 0 saturated heterocycles. The van der Waals surface area contributed by atoms with Crippen LogP contribution in [-0.2, 0) is 0 Å². The maximum atomic E-state index is 6.40. The molecule has 0 bridgehead atoms. The van der Waals surface area contributed by atoms with E-state index in [1.54, 1.807) is 0 Å². The fourth-order valence-corrected chi connectivity index (χ4v) is 3.51. The van der Waals surface area contributed by atoms with Gasteiger partial charge in [-0.05, 0) is 39.7 Å². The molecule has 0 amide bonds. The number of halogens is 1. The van der Waals surface area contributed by atoms with Crippen LogP contribution < -0.4 is 5.32 Å². The Bertz CT molecular complexity index is 400. The van der Waals surface area contributed by atoms with Crippen LogP contribution in [0.2, 0.25) is 5.02 Å². The highest BCUT2D eigenvalue weighted by Gasteiger charge is 2.26. The Kier molecular flexibility index (Phi) is 5.28. The molecule has 19 heavy (non-hydrogen) atoms. The maximum Gasteiger partial charge on any atom is 0.0820 e. The second-order valence-corrected chi connectivity index (χ2v) is 6.29. The Labute approximate surface area is 121 Å². The van der Waals surface area contributed by atoms with Gasteiger partial charge >= 0.3 is 0 Å². The monoisotopic (exact) mass is 283 g/mol. The fraction of sp³-hybridized carbons (Fsp3) is 0.800. The summed E-state index contributed by atoms with van der Waals surface area (Å²) in [5.74, 6) is 0.545. The van der Waals surface area contributed by atoms with Gasteiger partial charge in [-0.15, -0.1) is 0 Å². The van der Waals surface area contributed by atoms with Gasteiger partial charge in [-0.2, -0.15) is 5.10 Å². The zero-order valence-electron chi connectivity index (χ0n) is 12.3. The molecule has 1 N–H and O–H groups in total. The summed E-state index contributed by atoms with van der Waals surface area (Å²) >= 11 is 6.40. The molecule has 2 atom stereocenters. The molecule has 1 aliphatic carbocycles. The molecule has 0 aromatic carbocycles. The van der Waals surface area contributed by atoms with Gasteiger partial charge < -0.3 is 5.32 Å². The van der Waals surface area contributed by atoms with Crippen molar-refractivity contribution >= 4 is 11.6 Å². The van der Waals surface area contributed by atoms with Crippen molar-refractivity contribution in [3.8, 4) is 0 Å².